The topological polar surface area (TPSA) is 32.3 Å². The molecule has 0 saturated carbocycles. The zero-order chi connectivity index (χ0) is 13.5. The molecule has 2 aliphatic heterocycles. The molecule has 3 rings (SSSR count). The van der Waals surface area contributed by atoms with Crippen LogP contribution < -0.4 is 4.90 Å². The summed E-state index contributed by atoms with van der Waals surface area (Å²) in [5.74, 6) is 0. The van der Waals surface area contributed by atoms with E-state index in [1.807, 2.05) is 4.90 Å². The summed E-state index contributed by atoms with van der Waals surface area (Å²) in [6.07, 6.45) is 0.807. The Kier molecular flexibility index (Phi) is 3.22. The molecule has 1 unspecified atom stereocenters. The molecule has 0 radical (unpaired) electrons. The smallest absolute Gasteiger partial charge is 0.345 e. The molecule has 8 heteroatoms. The summed E-state index contributed by atoms with van der Waals surface area (Å²) in [6, 6.07) is 0.397. The highest BCUT2D eigenvalue weighted by atomic mass is 32.1. The van der Waals surface area contributed by atoms with E-state index in [1.165, 1.54) is 0 Å². The number of nitrogens with zero attached hydrogens (tertiary/aromatic N) is 4. The summed E-state index contributed by atoms with van der Waals surface area (Å²) in [7, 11) is 0. The molecule has 1 saturated heterocycles. The first-order chi connectivity index (χ1) is 9.04. The molecule has 0 aromatic carbocycles. The fraction of sp³-hybridized carbons (Fsp3) is 0.636. The average Bonchev–Trinajstić information content (AvgIpc) is 3.10. The summed E-state index contributed by atoms with van der Waals surface area (Å²) in [4.78, 5) is 4.22. The van der Waals surface area contributed by atoms with Gasteiger partial charge in [0.15, 0.2) is 0 Å². The number of halogens is 3. The van der Waals surface area contributed by atoms with Crippen LogP contribution in [-0.2, 0) is 6.18 Å². The molecule has 0 N–H and O–H groups in total. The molecule has 3 heterocycles. The number of anilines is 1. The van der Waals surface area contributed by atoms with Crippen molar-refractivity contribution in [2.75, 3.05) is 31.1 Å². The van der Waals surface area contributed by atoms with Gasteiger partial charge in [0, 0.05) is 32.2 Å². The molecular formula is C11H13F3N4S. The molecule has 4 nitrogen and oxygen atoms in total. The molecule has 1 aromatic rings. The predicted octanol–water partition coefficient (Wildman–Crippen LogP) is 2.01. The Balaban J connectivity index is 1.66. The van der Waals surface area contributed by atoms with E-state index in [9.17, 15) is 13.2 Å². The Morgan fingerprint density at radius 1 is 1.21 bits per heavy atom. The average molecular weight is 290 g/mol. The molecule has 1 aromatic heterocycles. The third kappa shape index (κ3) is 2.59. The molecule has 19 heavy (non-hydrogen) atoms. The Bertz CT molecular complexity index is 477. The molecular weight excluding hydrogens is 277 g/mol. The molecule has 104 valence electrons. The molecule has 0 aliphatic carbocycles. The predicted molar refractivity (Wildman–Crippen MR) is 66.2 cm³/mol. The van der Waals surface area contributed by atoms with Gasteiger partial charge < -0.3 is 4.90 Å². The van der Waals surface area contributed by atoms with Crippen LogP contribution >= 0.6 is 11.3 Å². The van der Waals surface area contributed by atoms with E-state index in [1.54, 1.807) is 0 Å². The number of aromatic nitrogens is 2. The van der Waals surface area contributed by atoms with Crippen molar-refractivity contribution in [1.29, 1.82) is 0 Å². The minimum absolute atomic E-state index is 0.377. The third-order valence-electron chi connectivity index (χ3n) is 3.45. The van der Waals surface area contributed by atoms with Gasteiger partial charge in [-0.15, -0.1) is 10.2 Å². The van der Waals surface area contributed by atoms with Crippen LogP contribution in [0.15, 0.2) is 12.2 Å². The van der Waals surface area contributed by atoms with Crippen molar-refractivity contribution < 1.29 is 13.2 Å². The minimum Gasteiger partial charge on any atom is -0.345 e. The van der Waals surface area contributed by atoms with Crippen LogP contribution in [0.4, 0.5) is 18.3 Å². The Morgan fingerprint density at radius 2 is 1.95 bits per heavy atom. The van der Waals surface area contributed by atoms with Gasteiger partial charge in [0.05, 0.1) is 0 Å². The van der Waals surface area contributed by atoms with E-state index in [2.05, 4.69) is 27.2 Å². The maximum Gasteiger partial charge on any atom is 0.445 e. The summed E-state index contributed by atoms with van der Waals surface area (Å²) < 4.78 is 37.5. The maximum absolute atomic E-state index is 12.5. The van der Waals surface area contributed by atoms with Crippen LogP contribution in [-0.4, -0.2) is 47.3 Å². The SMILES string of the molecule is FC(F)(F)c1nnc(N2CCC(N3CC=CC3)C2)s1. The number of alkyl halides is 3. The van der Waals surface area contributed by atoms with E-state index < -0.39 is 11.2 Å². The van der Waals surface area contributed by atoms with Gasteiger partial charge >= 0.3 is 6.18 Å². The van der Waals surface area contributed by atoms with Gasteiger partial charge in [-0.2, -0.15) is 13.2 Å². The van der Waals surface area contributed by atoms with Crippen LogP contribution in [0.1, 0.15) is 11.4 Å². The van der Waals surface area contributed by atoms with Crippen LogP contribution in [0.2, 0.25) is 0 Å². The van der Waals surface area contributed by atoms with Gasteiger partial charge in [-0.3, -0.25) is 4.90 Å². The molecule has 1 fully saturated rings. The normalized spacial score (nSPS) is 24.6. The van der Waals surface area contributed by atoms with Crippen LogP contribution in [0.3, 0.4) is 0 Å². The monoisotopic (exact) mass is 290 g/mol. The molecule has 0 bridgehead atoms. The number of hydrogen-bond acceptors (Lipinski definition) is 5. The van der Waals surface area contributed by atoms with Crippen molar-refractivity contribution in [3.05, 3.63) is 17.2 Å². The highest BCUT2D eigenvalue weighted by molar-refractivity contribution is 7.15. The van der Waals surface area contributed by atoms with E-state index in [0.717, 1.165) is 32.6 Å². The third-order valence-corrected chi connectivity index (χ3v) is 4.48. The van der Waals surface area contributed by atoms with Crippen LogP contribution in [0.5, 0.6) is 0 Å². The molecule has 2 aliphatic rings. The summed E-state index contributed by atoms with van der Waals surface area (Å²) >= 11 is 0.626. The van der Waals surface area contributed by atoms with Crippen molar-refractivity contribution in [2.45, 2.75) is 18.6 Å². The second-order valence-electron chi connectivity index (χ2n) is 4.70. The zero-order valence-corrected chi connectivity index (χ0v) is 10.9. The first-order valence-electron chi connectivity index (χ1n) is 6.09. The lowest BCUT2D eigenvalue weighted by atomic mass is 10.2. The fourth-order valence-corrected chi connectivity index (χ4v) is 3.21. The number of hydrogen-bond donors (Lipinski definition) is 0. The second-order valence-corrected chi connectivity index (χ2v) is 5.66. The van der Waals surface area contributed by atoms with E-state index in [4.69, 9.17) is 0 Å². The van der Waals surface area contributed by atoms with Gasteiger partial charge in [-0.05, 0) is 6.42 Å². The molecule has 1 atom stereocenters. The lowest BCUT2D eigenvalue weighted by Gasteiger charge is -2.23. The van der Waals surface area contributed by atoms with Crippen molar-refractivity contribution in [2.24, 2.45) is 0 Å². The van der Waals surface area contributed by atoms with Gasteiger partial charge in [-0.25, -0.2) is 0 Å². The Morgan fingerprint density at radius 3 is 2.58 bits per heavy atom. The Labute approximate surface area is 112 Å². The lowest BCUT2D eigenvalue weighted by Crippen LogP contribution is -2.35. The summed E-state index contributed by atoms with van der Waals surface area (Å²) in [5.41, 5.74) is 0. The quantitative estimate of drug-likeness (QED) is 0.780. The van der Waals surface area contributed by atoms with E-state index >= 15 is 0 Å². The van der Waals surface area contributed by atoms with Crippen LogP contribution in [0, 0.1) is 0 Å². The first-order valence-corrected chi connectivity index (χ1v) is 6.90. The minimum atomic E-state index is -4.39. The maximum atomic E-state index is 12.5. The van der Waals surface area contributed by atoms with Crippen molar-refractivity contribution in [1.82, 2.24) is 15.1 Å². The van der Waals surface area contributed by atoms with Crippen molar-refractivity contribution in [3.63, 3.8) is 0 Å². The number of rotatable bonds is 2. The lowest BCUT2D eigenvalue weighted by molar-refractivity contribution is -0.138. The van der Waals surface area contributed by atoms with Crippen molar-refractivity contribution in [3.8, 4) is 0 Å². The van der Waals surface area contributed by atoms with Crippen LogP contribution in [0.25, 0.3) is 0 Å². The van der Waals surface area contributed by atoms with Gasteiger partial charge in [-0.1, -0.05) is 23.5 Å². The second kappa shape index (κ2) is 4.75. The van der Waals surface area contributed by atoms with Crippen molar-refractivity contribution >= 4 is 16.5 Å². The van der Waals surface area contributed by atoms with E-state index in [-0.39, 0.29) is 0 Å². The molecule has 0 amide bonds. The van der Waals surface area contributed by atoms with Gasteiger partial charge in [0.25, 0.3) is 0 Å². The first kappa shape index (κ1) is 12.9. The fourth-order valence-electron chi connectivity index (χ4n) is 2.46. The highest BCUT2D eigenvalue weighted by Gasteiger charge is 2.37. The molecule has 0 spiro atoms. The highest BCUT2D eigenvalue weighted by Crippen LogP contribution is 2.35. The Hall–Kier alpha value is -1.15. The summed E-state index contributed by atoms with van der Waals surface area (Å²) in [5, 5.41) is 6.41. The summed E-state index contributed by atoms with van der Waals surface area (Å²) in [6.45, 7) is 3.34. The standard InChI is InChI=1S/C11H13F3N4S/c12-11(13,14)9-15-16-10(19-9)18-6-3-8(7-18)17-4-1-2-5-17/h1-2,8H,3-7H2. The van der Waals surface area contributed by atoms with Gasteiger partial charge in [0.1, 0.15) is 0 Å². The van der Waals surface area contributed by atoms with Gasteiger partial charge in [0.2, 0.25) is 10.1 Å². The zero-order valence-electron chi connectivity index (χ0n) is 10.1. The van der Waals surface area contributed by atoms with E-state index in [0.29, 0.717) is 22.5 Å². The largest absolute Gasteiger partial charge is 0.445 e.